The number of aliphatic carboxylic acids is 2. The van der Waals surface area contributed by atoms with E-state index in [1.807, 2.05) is 0 Å². The lowest BCUT2D eigenvalue weighted by molar-refractivity contribution is -0.137. The Hall–Kier alpha value is -0.770. The summed E-state index contributed by atoms with van der Waals surface area (Å²) in [6.45, 7) is 2.27. The van der Waals surface area contributed by atoms with Gasteiger partial charge in [0.1, 0.15) is 5.88 Å². The zero-order chi connectivity index (χ0) is 19.2. The van der Waals surface area contributed by atoms with Gasteiger partial charge in [0.05, 0.1) is 0 Å². The maximum Gasteiger partial charge on any atom is 0.318 e. The highest BCUT2D eigenvalue weighted by Gasteiger charge is 1.97. The molecule has 0 bridgehead atoms. The predicted molar refractivity (Wildman–Crippen MR) is 106 cm³/mol. The molecule has 0 aliphatic carbocycles. The van der Waals surface area contributed by atoms with Gasteiger partial charge in [0.15, 0.2) is 0 Å². The highest BCUT2D eigenvalue weighted by Crippen LogP contribution is 2.13. The van der Waals surface area contributed by atoms with Crippen molar-refractivity contribution in [3.05, 3.63) is 0 Å². The molecule has 0 amide bonds. The maximum absolute atomic E-state index is 10.3. The first-order valence-corrected chi connectivity index (χ1v) is 10.6. The summed E-state index contributed by atoms with van der Waals surface area (Å²) in [4.78, 5) is 19.6. The number of carboxylic acid groups (broad SMARTS) is 2. The standard InChI is InChI=1S/C18H36O2.C2H3ClO2/c1-2-3-4-5-6-7-8-9-10-11-12-13-14-15-16-17-18(19)20;3-1-2(4)5/h2-17H2,1H3,(H,19,20);1H2,(H,4,5). The van der Waals surface area contributed by atoms with Gasteiger partial charge in [0.25, 0.3) is 0 Å². The Labute approximate surface area is 159 Å². The molecule has 0 aromatic rings. The van der Waals surface area contributed by atoms with E-state index in [-0.39, 0.29) is 5.88 Å². The molecule has 0 saturated heterocycles. The SMILES string of the molecule is CCCCCCCCCCCCCCCCCC(=O)O.O=C(O)CCl. The minimum Gasteiger partial charge on any atom is -0.481 e. The van der Waals surface area contributed by atoms with Crippen molar-refractivity contribution in [3.8, 4) is 0 Å². The quantitative estimate of drug-likeness (QED) is 0.219. The van der Waals surface area contributed by atoms with Crippen LogP contribution in [0.25, 0.3) is 0 Å². The average molecular weight is 379 g/mol. The number of carboxylic acids is 2. The summed E-state index contributed by atoms with van der Waals surface area (Å²) in [6.07, 6.45) is 20.2. The van der Waals surface area contributed by atoms with Crippen molar-refractivity contribution < 1.29 is 19.8 Å². The normalized spacial score (nSPS) is 10.2. The minimum absolute atomic E-state index is 0.306. The number of rotatable bonds is 17. The first-order chi connectivity index (χ1) is 12.0. The van der Waals surface area contributed by atoms with Gasteiger partial charge >= 0.3 is 11.9 Å². The van der Waals surface area contributed by atoms with Gasteiger partial charge in [-0.3, -0.25) is 9.59 Å². The van der Waals surface area contributed by atoms with Crippen molar-refractivity contribution in [2.45, 2.75) is 110 Å². The van der Waals surface area contributed by atoms with Gasteiger partial charge in [-0.05, 0) is 6.42 Å². The molecule has 0 aromatic heterocycles. The molecular formula is C20H39ClO4. The average Bonchev–Trinajstić information content (AvgIpc) is 2.58. The fraction of sp³-hybridized carbons (Fsp3) is 0.900. The summed E-state index contributed by atoms with van der Waals surface area (Å²) in [6, 6.07) is 0. The first kappa shape index (κ1) is 26.5. The lowest BCUT2D eigenvalue weighted by atomic mass is 10.0. The molecule has 25 heavy (non-hydrogen) atoms. The van der Waals surface area contributed by atoms with E-state index in [0.29, 0.717) is 6.42 Å². The molecular weight excluding hydrogens is 340 g/mol. The van der Waals surface area contributed by atoms with Crippen LogP contribution >= 0.6 is 11.6 Å². The molecule has 0 spiro atoms. The molecule has 2 N–H and O–H groups in total. The highest BCUT2D eigenvalue weighted by molar-refractivity contribution is 6.26. The third kappa shape index (κ3) is 31.5. The van der Waals surface area contributed by atoms with Crippen LogP contribution in [0.15, 0.2) is 0 Å². The smallest absolute Gasteiger partial charge is 0.318 e. The lowest BCUT2D eigenvalue weighted by Gasteiger charge is -2.03. The monoisotopic (exact) mass is 378 g/mol. The van der Waals surface area contributed by atoms with Crippen molar-refractivity contribution in [3.63, 3.8) is 0 Å². The van der Waals surface area contributed by atoms with Crippen molar-refractivity contribution in [1.82, 2.24) is 0 Å². The number of carbonyl (C=O) groups is 2. The fourth-order valence-electron chi connectivity index (χ4n) is 2.65. The van der Waals surface area contributed by atoms with Gasteiger partial charge in [-0.2, -0.15) is 0 Å². The topological polar surface area (TPSA) is 74.6 Å². The van der Waals surface area contributed by atoms with Crippen molar-refractivity contribution in [2.75, 3.05) is 5.88 Å². The summed E-state index contributed by atoms with van der Waals surface area (Å²) >= 11 is 4.74. The van der Waals surface area contributed by atoms with E-state index in [0.717, 1.165) is 12.8 Å². The molecule has 0 aliphatic heterocycles. The third-order valence-corrected chi connectivity index (χ3v) is 4.34. The van der Waals surface area contributed by atoms with Gasteiger partial charge in [-0.25, -0.2) is 0 Å². The number of halogens is 1. The van der Waals surface area contributed by atoms with E-state index in [2.05, 4.69) is 6.92 Å². The predicted octanol–water partition coefficient (Wildman–Crippen LogP) is 6.64. The molecule has 0 aromatic carbocycles. The Balaban J connectivity index is 0. The molecule has 0 aliphatic rings. The van der Waals surface area contributed by atoms with Crippen LogP contribution in [0, 0.1) is 0 Å². The Morgan fingerprint density at radius 2 is 0.880 bits per heavy atom. The molecule has 0 saturated carbocycles. The lowest BCUT2D eigenvalue weighted by Crippen LogP contribution is -1.93. The molecule has 4 nitrogen and oxygen atoms in total. The second-order valence-corrected chi connectivity index (χ2v) is 6.89. The Bertz CT molecular complexity index is 295. The molecule has 5 heteroatoms. The summed E-state index contributed by atoms with van der Waals surface area (Å²) in [5.41, 5.74) is 0. The van der Waals surface area contributed by atoms with Crippen LogP contribution in [0.5, 0.6) is 0 Å². The summed E-state index contributed by atoms with van der Waals surface area (Å²) in [7, 11) is 0. The van der Waals surface area contributed by atoms with Crippen LogP contribution in [-0.4, -0.2) is 28.0 Å². The van der Waals surface area contributed by atoms with E-state index >= 15 is 0 Å². The van der Waals surface area contributed by atoms with E-state index in [9.17, 15) is 9.59 Å². The van der Waals surface area contributed by atoms with Gasteiger partial charge in [0, 0.05) is 6.42 Å². The molecule has 0 heterocycles. The van der Waals surface area contributed by atoms with Crippen molar-refractivity contribution >= 4 is 23.5 Å². The van der Waals surface area contributed by atoms with Gasteiger partial charge < -0.3 is 10.2 Å². The maximum atomic E-state index is 10.3. The van der Waals surface area contributed by atoms with Gasteiger partial charge in [-0.1, -0.05) is 96.8 Å². The van der Waals surface area contributed by atoms with Gasteiger partial charge in [-0.15, -0.1) is 11.6 Å². The van der Waals surface area contributed by atoms with E-state index in [4.69, 9.17) is 21.8 Å². The van der Waals surface area contributed by atoms with Gasteiger partial charge in [0.2, 0.25) is 0 Å². The van der Waals surface area contributed by atoms with Crippen LogP contribution in [0.1, 0.15) is 110 Å². The zero-order valence-corrected chi connectivity index (χ0v) is 16.9. The Morgan fingerprint density at radius 1 is 0.600 bits per heavy atom. The number of alkyl halides is 1. The van der Waals surface area contributed by atoms with E-state index in [1.54, 1.807) is 0 Å². The summed E-state index contributed by atoms with van der Waals surface area (Å²) in [5.74, 6) is -1.94. The second-order valence-electron chi connectivity index (χ2n) is 6.62. The number of hydrogen-bond acceptors (Lipinski definition) is 2. The molecule has 0 atom stereocenters. The number of hydrogen-bond donors (Lipinski definition) is 2. The van der Waals surface area contributed by atoms with Crippen LogP contribution in [0.3, 0.4) is 0 Å². The Kier molecular flexibility index (Phi) is 24.6. The van der Waals surface area contributed by atoms with E-state index < -0.39 is 11.9 Å². The van der Waals surface area contributed by atoms with Crippen LogP contribution in [0.4, 0.5) is 0 Å². The molecule has 0 unspecified atom stereocenters. The van der Waals surface area contributed by atoms with Crippen LogP contribution < -0.4 is 0 Å². The van der Waals surface area contributed by atoms with Crippen LogP contribution in [0.2, 0.25) is 0 Å². The molecule has 0 rings (SSSR count). The van der Waals surface area contributed by atoms with Crippen molar-refractivity contribution in [1.29, 1.82) is 0 Å². The zero-order valence-electron chi connectivity index (χ0n) is 16.1. The number of unbranched alkanes of at least 4 members (excludes halogenated alkanes) is 14. The molecule has 0 radical (unpaired) electrons. The Morgan fingerprint density at radius 3 is 1.12 bits per heavy atom. The minimum atomic E-state index is -0.980. The largest absolute Gasteiger partial charge is 0.481 e. The fourth-order valence-corrected chi connectivity index (χ4v) is 2.65. The molecule has 0 fully saturated rings. The summed E-state index contributed by atoms with van der Waals surface area (Å²) < 4.78 is 0. The highest BCUT2D eigenvalue weighted by atomic mass is 35.5. The first-order valence-electron chi connectivity index (χ1n) is 10.0. The second kappa shape index (κ2) is 23.2. The van der Waals surface area contributed by atoms with Crippen molar-refractivity contribution in [2.24, 2.45) is 0 Å². The van der Waals surface area contributed by atoms with E-state index in [1.165, 1.54) is 83.5 Å². The van der Waals surface area contributed by atoms with Crippen LogP contribution in [-0.2, 0) is 9.59 Å². The molecule has 150 valence electrons. The summed E-state index contributed by atoms with van der Waals surface area (Å²) in [5, 5.41) is 16.1. The third-order valence-electron chi connectivity index (χ3n) is 4.11.